The Bertz CT molecular complexity index is 1120. The number of carbonyl (C=O) groups excluding carboxylic acids is 1. The van der Waals surface area contributed by atoms with E-state index in [1.54, 1.807) is 12.1 Å². The van der Waals surface area contributed by atoms with E-state index >= 15 is 0 Å². The van der Waals surface area contributed by atoms with Crippen LogP contribution in [-0.2, 0) is 7.05 Å². The van der Waals surface area contributed by atoms with E-state index in [1.807, 2.05) is 46.6 Å². The topological polar surface area (TPSA) is 81.0 Å². The molecule has 0 spiro atoms. The zero-order chi connectivity index (χ0) is 19.3. The van der Waals surface area contributed by atoms with E-state index < -0.39 is 0 Å². The molecule has 5 rings (SSSR count). The van der Waals surface area contributed by atoms with Crippen LogP contribution < -0.4 is 16.2 Å². The number of hydrogen-bond acceptors (Lipinski definition) is 4. The minimum atomic E-state index is -0.209. The molecule has 1 amide bonds. The molecule has 0 aromatic carbocycles. The zero-order valence-corrected chi connectivity index (χ0v) is 17.0. The fourth-order valence-corrected chi connectivity index (χ4v) is 4.72. The van der Waals surface area contributed by atoms with Gasteiger partial charge in [-0.1, -0.05) is 6.07 Å². The molecule has 2 bridgehead atoms. The van der Waals surface area contributed by atoms with Gasteiger partial charge in [0.15, 0.2) is 0 Å². The summed E-state index contributed by atoms with van der Waals surface area (Å²) in [5.74, 6) is 0.482. The molecule has 1 saturated heterocycles. The summed E-state index contributed by atoms with van der Waals surface area (Å²) < 4.78 is 3.80. The molecular formula is C21H24ClN5O2. The Labute approximate surface area is 174 Å². The molecule has 0 radical (unpaired) electrons. The van der Waals surface area contributed by atoms with Crippen molar-refractivity contribution in [3.05, 3.63) is 64.3 Å². The van der Waals surface area contributed by atoms with Crippen LogP contribution in [0.5, 0.6) is 0 Å². The number of halogens is 1. The Balaban J connectivity index is 0.00000205. The van der Waals surface area contributed by atoms with Crippen LogP contribution in [0.25, 0.3) is 11.0 Å². The monoisotopic (exact) mass is 413 g/mol. The second-order valence-electron chi connectivity index (χ2n) is 7.82. The van der Waals surface area contributed by atoms with Crippen LogP contribution in [0.15, 0.2) is 47.4 Å². The van der Waals surface area contributed by atoms with E-state index in [0.29, 0.717) is 24.1 Å². The Morgan fingerprint density at radius 1 is 1.24 bits per heavy atom. The van der Waals surface area contributed by atoms with E-state index in [4.69, 9.17) is 0 Å². The highest BCUT2D eigenvalue weighted by Crippen LogP contribution is 2.38. The Morgan fingerprint density at radius 3 is 2.97 bits per heavy atom. The molecule has 2 N–H and O–H groups in total. The number of aromatic nitrogens is 3. The lowest BCUT2D eigenvalue weighted by Crippen LogP contribution is -2.50. The van der Waals surface area contributed by atoms with Crippen LogP contribution >= 0.6 is 12.4 Å². The third kappa shape index (κ3) is 3.34. The van der Waals surface area contributed by atoms with Gasteiger partial charge in [-0.2, -0.15) is 0 Å². The largest absolute Gasteiger partial charge is 0.349 e. The number of fused-ring (bicyclic) bond motifs is 5. The SMILES string of the molecule is Cl.Cn1ccc2ccc(C(=O)NC[C@H]3[C@@H]4CNC[C@@H](C4)c4cccc(=O)n43)nc21. The molecule has 0 unspecified atom stereocenters. The van der Waals surface area contributed by atoms with E-state index in [0.717, 1.165) is 36.2 Å². The third-order valence-electron chi connectivity index (χ3n) is 6.12. The minimum Gasteiger partial charge on any atom is -0.349 e. The fourth-order valence-electron chi connectivity index (χ4n) is 4.72. The van der Waals surface area contributed by atoms with Gasteiger partial charge >= 0.3 is 0 Å². The van der Waals surface area contributed by atoms with Crippen molar-refractivity contribution in [1.29, 1.82) is 0 Å². The summed E-state index contributed by atoms with van der Waals surface area (Å²) in [6.07, 6.45) is 2.97. The average Bonchev–Trinajstić information content (AvgIpc) is 3.09. The molecule has 0 aliphatic carbocycles. The minimum absolute atomic E-state index is 0. The first kappa shape index (κ1) is 19.7. The maximum Gasteiger partial charge on any atom is 0.270 e. The van der Waals surface area contributed by atoms with Crippen LogP contribution in [0.3, 0.4) is 0 Å². The molecule has 2 aliphatic rings. The quantitative estimate of drug-likeness (QED) is 0.686. The number of rotatable bonds is 3. The Morgan fingerprint density at radius 2 is 2.10 bits per heavy atom. The number of carbonyl (C=O) groups is 1. The van der Waals surface area contributed by atoms with Crippen molar-refractivity contribution in [3.8, 4) is 0 Å². The molecule has 1 fully saturated rings. The van der Waals surface area contributed by atoms with Gasteiger partial charge in [0.2, 0.25) is 0 Å². The highest BCUT2D eigenvalue weighted by atomic mass is 35.5. The molecule has 3 atom stereocenters. The van der Waals surface area contributed by atoms with E-state index in [2.05, 4.69) is 15.6 Å². The average molecular weight is 414 g/mol. The van der Waals surface area contributed by atoms with Gasteiger partial charge in [-0.05, 0) is 36.6 Å². The number of nitrogens with zero attached hydrogens (tertiary/aromatic N) is 3. The summed E-state index contributed by atoms with van der Waals surface area (Å²) in [4.78, 5) is 29.8. The van der Waals surface area contributed by atoms with E-state index in [-0.39, 0.29) is 29.9 Å². The second-order valence-corrected chi connectivity index (χ2v) is 7.82. The van der Waals surface area contributed by atoms with E-state index in [9.17, 15) is 9.59 Å². The standard InChI is InChI=1S/C21H23N5O2.ClH/c1-25-8-7-13-5-6-16(24-20(13)25)21(28)23-12-18-15-9-14(10-22-11-15)17-3-2-4-19(27)26(17)18;/h2-8,14-15,18,22H,9-12H2,1H3,(H,23,28);1H/t14-,15+,18+;/m1./s1. The van der Waals surface area contributed by atoms with Crippen molar-refractivity contribution >= 4 is 29.3 Å². The van der Waals surface area contributed by atoms with Gasteiger partial charge in [0.25, 0.3) is 11.5 Å². The number of pyridine rings is 2. The Kier molecular flexibility index (Phi) is 5.19. The molecule has 0 saturated carbocycles. The molecule has 7 nitrogen and oxygen atoms in total. The zero-order valence-electron chi connectivity index (χ0n) is 16.2. The molecule has 8 heteroatoms. The predicted molar refractivity (Wildman–Crippen MR) is 114 cm³/mol. The number of nitrogens with one attached hydrogen (secondary N) is 2. The molecule has 2 aliphatic heterocycles. The first-order chi connectivity index (χ1) is 13.6. The van der Waals surface area contributed by atoms with E-state index in [1.165, 1.54) is 0 Å². The van der Waals surface area contributed by atoms with Crippen molar-refractivity contribution in [2.45, 2.75) is 18.4 Å². The number of hydrogen-bond donors (Lipinski definition) is 2. The summed E-state index contributed by atoms with van der Waals surface area (Å²) in [5.41, 5.74) is 2.26. The summed E-state index contributed by atoms with van der Waals surface area (Å²) in [7, 11) is 1.91. The molecule has 152 valence electrons. The summed E-state index contributed by atoms with van der Waals surface area (Å²) in [6.45, 7) is 2.19. The maximum absolute atomic E-state index is 12.7. The normalized spacial score (nSPS) is 22.6. The molecule has 29 heavy (non-hydrogen) atoms. The van der Waals surface area contributed by atoms with Crippen molar-refractivity contribution in [1.82, 2.24) is 24.8 Å². The van der Waals surface area contributed by atoms with Crippen LogP contribution in [0.4, 0.5) is 0 Å². The van der Waals surface area contributed by atoms with Crippen molar-refractivity contribution < 1.29 is 4.79 Å². The lowest BCUT2D eigenvalue weighted by Gasteiger charge is -2.43. The fraction of sp³-hybridized carbons (Fsp3) is 0.381. The van der Waals surface area contributed by atoms with Crippen molar-refractivity contribution in [2.75, 3.05) is 19.6 Å². The number of aryl methyl sites for hydroxylation is 1. The van der Waals surface area contributed by atoms with Gasteiger partial charge < -0.3 is 19.8 Å². The molecule has 5 heterocycles. The first-order valence-electron chi connectivity index (χ1n) is 9.74. The smallest absolute Gasteiger partial charge is 0.270 e. The molecule has 3 aromatic rings. The number of piperidine rings is 1. The lowest BCUT2D eigenvalue weighted by atomic mass is 9.79. The third-order valence-corrected chi connectivity index (χ3v) is 6.12. The summed E-state index contributed by atoms with van der Waals surface area (Å²) >= 11 is 0. The van der Waals surface area contributed by atoms with Gasteiger partial charge in [-0.3, -0.25) is 9.59 Å². The van der Waals surface area contributed by atoms with Crippen LogP contribution in [0.2, 0.25) is 0 Å². The van der Waals surface area contributed by atoms with Crippen molar-refractivity contribution in [2.24, 2.45) is 13.0 Å². The first-order valence-corrected chi connectivity index (χ1v) is 9.74. The Hall–Kier alpha value is -2.64. The highest BCUT2D eigenvalue weighted by molar-refractivity contribution is 5.94. The van der Waals surface area contributed by atoms with Gasteiger partial charge in [-0.25, -0.2) is 4.98 Å². The van der Waals surface area contributed by atoms with Gasteiger partial charge in [0.1, 0.15) is 11.3 Å². The van der Waals surface area contributed by atoms with Crippen LogP contribution in [0, 0.1) is 5.92 Å². The maximum atomic E-state index is 12.7. The van der Waals surface area contributed by atoms with Gasteiger partial charge in [0.05, 0.1) is 6.04 Å². The second kappa shape index (κ2) is 7.65. The summed E-state index contributed by atoms with van der Waals surface area (Å²) in [6, 6.07) is 11.1. The number of amides is 1. The van der Waals surface area contributed by atoms with Crippen molar-refractivity contribution in [3.63, 3.8) is 0 Å². The summed E-state index contributed by atoms with van der Waals surface area (Å²) in [5, 5.41) is 7.50. The van der Waals surface area contributed by atoms with Gasteiger partial charge in [0, 0.05) is 55.9 Å². The highest BCUT2D eigenvalue weighted by Gasteiger charge is 2.37. The van der Waals surface area contributed by atoms with Gasteiger partial charge in [-0.15, -0.1) is 12.4 Å². The molecule has 3 aromatic heterocycles. The van der Waals surface area contributed by atoms with Crippen LogP contribution in [0.1, 0.15) is 34.6 Å². The molecular weight excluding hydrogens is 390 g/mol. The lowest BCUT2D eigenvalue weighted by molar-refractivity contribution is 0.0927. The van der Waals surface area contributed by atoms with Crippen LogP contribution in [-0.4, -0.2) is 39.7 Å². The predicted octanol–water partition coefficient (Wildman–Crippen LogP) is 1.83.